The summed E-state index contributed by atoms with van der Waals surface area (Å²) in [6.45, 7) is 0. The molecule has 2 aromatic rings. The van der Waals surface area contributed by atoms with Crippen LogP contribution < -0.4 is 4.74 Å². The fourth-order valence-corrected chi connectivity index (χ4v) is 2.34. The lowest BCUT2D eigenvalue weighted by molar-refractivity contribution is -0.126. The summed E-state index contributed by atoms with van der Waals surface area (Å²) in [4.78, 5) is 23.9. The predicted molar refractivity (Wildman–Crippen MR) is 96.0 cm³/mol. The summed E-state index contributed by atoms with van der Waals surface area (Å²) in [5.41, 5.74) is 1.14. The number of carbonyl (C=O) groups excluding carboxylic acids is 2. The molecule has 0 radical (unpaired) electrons. The molecule has 1 unspecified atom stereocenters. The lowest BCUT2D eigenvalue weighted by atomic mass is 10.0. The number of benzene rings is 2. The molecule has 3 N–H and O–H groups in total. The van der Waals surface area contributed by atoms with Crippen molar-refractivity contribution in [2.75, 3.05) is 7.11 Å². The zero-order valence-electron chi connectivity index (χ0n) is 14.3. The van der Waals surface area contributed by atoms with Crippen LogP contribution in [0.25, 0.3) is 6.08 Å². The minimum absolute atomic E-state index is 0.00521. The second kappa shape index (κ2) is 8.82. The van der Waals surface area contributed by atoms with Gasteiger partial charge in [-0.05, 0) is 41.5 Å². The first-order valence-electron chi connectivity index (χ1n) is 7.95. The van der Waals surface area contributed by atoms with Gasteiger partial charge in [0.1, 0.15) is 11.5 Å². The van der Waals surface area contributed by atoms with Gasteiger partial charge in [-0.1, -0.05) is 24.3 Å². The number of hydrogen-bond donors (Lipinski definition) is 3. The van der Waals surface area contributed by atoms with E-state index in [-0.39, 0.29) is 41.7 Å². The quantitative estimate of drug-likeness (QED) is 0.496. The van der Waals surface area contributed by atoms with E-state index in [1.807, 2.05) is 0 Å². The third-order valence-electron chi connectivity index (χ3n) is 3.74. The molecular weight excluding hydrogens is 336 g/mol. The molecule has 0 aromatic heterocycles. The van der Waals surface area contributed by atoms with Gasteiger partial charge < -0.3 is 20.1 Å². The van der Waals surface area contributed by atoms with Crippen LogP contribution in [0.1, 0.15) is 30.1 Å². The molecule has 0 saturated carbocycles. The maximum absolute atomic E-state index is 11.9. The van der Waals surface area contributed by atoms with E-state index in [4.69, 9.17) is 4.74 Å². The number of rotatable bonds is 8. The number of Topliss-reactive ketones (excluding diaryl/α,β-unsaturated/α-hetero) is 1. The molecule has 26 heavy (non-hydrogen) atoms. The molecule has 0 fully saturated rings. The molecule has 136 valence electrons. The first kappa shape index (κ1) is 19.2. The van der Waals surface area contributed by atoms with E-state index in [1.165, 1.54) is 49.6 Å². The monoisotopic (exact) mass is 356 g/mol. The number of aromatic hydroxyl groups is 2. The van der Waals surface area contributed by atoms with Crippen LogP contribution in [0, 0.1) is 0 Å². The second-order valence-electron chi connectivity index (χ2n) is 5.76. The minimum atomic E-state index is -1.03. The van der Waals surface area contributed by atoms with Crippen LogP contribution in [-0.4, -0.2) is 34.0 Å². The Morgan fingerprint density at radius 2 is 1.81 bits per heavy atom. The lowest BCUT2D eigenvalue weighted by Crippen LogP contribution is -2.10. The Morgan fingerprint density at radius 3 is 2.46 bits per heavy atom. The number of phenolic OH excluding ortho intramolecular Hbond substituents is 2. The van der Waals surface area contributed by atoms with Crippen LogP contribution in [0.4, 0.5) is 0 Å². The Hall–Kier alpha value is -3.12. The smallest absolute Gasteiger partial charge is 0.163 e. The normalized spacial score (nSPS) is 12.1. The molecule has 0 saturated heterocycles. The van der Waals surface area contributed by atoms with Crippen LogP contribution >= 0.6 is 0 Å². The Balaban J connectivity index is 1.90. The minimum Gasteiger partial charge on any atom is -0.508 e. The van der Waals surface area contributed by atoms with Crippen molar-refractivity contribution in [2.45, 2.75) is 18.9 Å². The second-order valence-corrected chi connectivity index (χ2v) is 5.76. The first-order chi connectivity index (χ1) is 12.4. The Bertz CT molecular complexity index is 808. The van der Waals surface area contributed by atoms with E-state index in [0.29, 0.717) is 11.1 Å². The molecule has 2 aromatic carbocycles. The highest BCUT2D eigenvalue weighted by Crippen LogP contribution is 2.26. The third kappa shape index (κ3) is 5.46. The number of hydrogen-bond acceptors (Lipinski definition) is 6. The summed E-state index contributed by atoms with van der Waals surface area (Å²) in [7, 11) is 1.42. The largest absolute Gasteiger partial charge is 0.508 e. The van der Waals surface area contributed by atoms with Crippen molar-refractivity contribution in [2.24, 2.45) is 0 Å². The van der Waals surface area contributed by atoms with Crippen LogP contribution in [0.2, 0.25) is 0 Å². The number of carbonyl (C=O) groups is 2. The maximum atomic E-state index is 11.9. The van der Waals surface area contributed by atoms with Gasteiger partial charge in [0.25, 0.3) is 0 Å². The number of aliphatic hydroxyl groups is 1. The molecule has 6 heteroatoms. The highest BCUT2D eigenvalue weighted by molar-refractivity contribution is 6.06. The SMILES string of the molecule is COc1cc(/C=C/C(=O)CC(=O)CC(O)c2ccc(O)cc2)ccc1O. The molecule has 1 atom stereocenters. The fraction of sp³-hybridized carbons (Fsp3) is 0.200. The van der Waals surface area contributed by atoms with Crippen molar-refractivity contribution < 1.29 is 29.6 Å². The van der Waals surface area contributed by atoms with Crippen LogP contribution in [0.15, 0.2) is 48.5 Å². The van der Waals surface area contributed by atoms with Gasteiger partial charge in [0.05, 0.1) is 19.6 Å². The predicted octanol–water partition coefficient (Wildman–Crippen LogP) is 2.77. The first-order valence-corrected chi connectivity index (χ1v) is 7.95. The molecule has 0 aliphatic rings. The standard InChI is InChI=1S/C20H20O6/c1-26-20-10-13(3-9-18(20)24)2-6-16(22)11-17(23)12-19(25)14-4-7-15(21)8-5-14/h2-10,19,21,24-25H,11-12H2,1H3/b6-2+. The number of phenols is 2. The number of allylic oxidation sites excluding steroid dienone is 1. The van der Waals surface area contributed by atoms with E-state index in [9.17, 15) is 24.9 Å². The zero-order chi connectivity index (χ0) is 19.1. The molecular formula is C20H20O6. The summed E-state index contributed by atoms with van der Waals surface area (Å²) in [5, 5.41) is 28.8. The summed E-state index contributed by atoms with van der Waals surface area (Å²) < 4.78 is 4.98. The highest BCUT2D eigenvalue weighted by Gasteiger charge is 2.15. The Morgan fingerprint density at radius 1 is 1.12 bits per heavy atom. The number of ether oxygens (including phenoxy) is 1. The summed E-state index contributed by atoms with van der Waals surface area (Å²) in [6, 6.07) is 10.5. The molecule has 6 nitrogen and oxygen atoms in total. The van der Waals surface area contributed by atoms with E-state index in [0.717, 1.165) is 0 Å². The van der Waals surface area contributed by atoms with Gasteiger partial charge in [-0.25, -0.2) is 0 Å². The molecule has 2 rings (SSSR count). The Kier molecular flexibility index (Phi) is 6.52. The van der Waals surface area contributed by atoms with Crippen molar-refractivity contribution in [3.63, 3.8) is 0 Å². The molecule has 0 aliphatic carbocycles. The molecule has 0 aliphatic heterocycles. The van der Waals surface area contributed by atoms with Crippen molar-refractivity contribution >= 4 is 17.6 Å². The van der Waals surface area contributed by atoms with Crippen LogP contribution in [0.3, 0.4) is 0 Å². The van der Waals surface area contributed by atoms with E-state index >= 15 is 0 Å². The average molecular weight is 356 g/mol. The van der Waals surface area contributed by atoms with Gasteiger partial charge in [0.15, 0.2) is 17.3 Å². The van der Waals surface area contributed by atoms with Crippen molar-refractivity contribution in [3.05, 3.63) is 59.7 Å². The zero-order valence-corrected chi connectivity index (χ0v) is 14.3. The van der Waals surface area contributed by atoms with Gasteiger partial charge in [-0.15, -0.1) is 0 Å². The van der Waals surface area contributed by atoms with Gasteiger partial charge >= 0.3 is 0 Å². The lowest BCUT2D eigenvalue weighted by Gasteiger charge is -2.09. The Labute approximate surface area is 151 Å². The molecule has 0 spiro atoms. The summed E-state index contributed by atoms with van der Waals surface area (Å²) >= 11 is 0. The number of ketones is 2. The third-order valence-corrected chi connectivity index (χ3v) is 3.74. The van der Waals surface area contributed by atoms with E-state index in [1.54, 1.807) is 12.1 Å². The van der Waals surface area contributed by atoms with Crippen LogP contribution in [-0.2, 0) is 9.59 Å². The summed E-state index contributed by atoms with van der Waals surface area (Å²) in [5.74, 6) is -0.427. The molecule has 0 bridgehead atoms. The molecule has 0 amide bonds. The van der Waals surface area contributed by atoms with Crippen molar-refractivity contribution in [1.29, 1.82) is 0 Å². The molecule has 0 heterocycles. The van der Waals surface area contributed by atoms with E-state index < -0.39 is 6.10 Å². The number of methoxy groups -OCH3 is 1. The average Bonchev–Trinajstić information content (AvgIpc) is 2.61. The maximum Gasteiger partial charge on any atom is 0.163 e. The topological polar surface area (TPSA) is 104 Å². The fourth-order valence-electron chi connectivity index (χ4n) is 2.34. The highest BCUT2D eigenvalue weighted by atomic mass is 16.5. The van der Waals surface area contributed by atoms with E-state index in [2.05, 4.69) is 0 Å². The number of aliphatic hydroxyl groups excluding tert-OH is 1. The van der Waals surface area contributed by atoms with Gasteiger partial charge in [-0.2, -0.15) is 0 Å². The van der Waals surface area contributed by atoms with Gasteiger partial charge in [0, 0.05) is 6.42 Å². The van der Waals surface area contributed by atoms with Crippen molar-refractivity contribution in [3.8, 4) is 17.2 Å². The van der Waals surface area contributed by atoms with Gasteiger partial charge in [0.2, 0.25) is 0 Å². The summed E-state index contributed by atoms with van der Waals surface area (Å²) in [6.07, 6.45) is 1.27. The van der Waals surface area contributed by atoms with Crippen LogP contribution in [0.5, 0.6) is 17.2 Å². The van der Waals surface area contributed by atoms with Crippen molar-refractivity contribution in [1.82, 2.24) is 0 Å². The van der Waals surface area contributed by atoms with Gasteiger partial charge in [-0.3, -0.25) is 9.59 Å².